The fourth-order valence-corrected chi connectivity index (χ4v) is 2.52. The molecule has 0 aliphatic carbocycles. The van der Waals surface area contributed by atoms with Crippen LogP contribution in [0.5, 0.6) is 0 Å². The van der Waals surface area contributed by atoms with E-state index in [-0.39, 0.29) is 18.6 Å². The summed E-state index contributed by atoms with van der Waals surface area (Å²) in [4.78, 5) is 36.8. The summed E-state index contributed by atoms with van der Waals surface area (Å²) in [5.74, 6) is -1.87. The summed E-state index contributed by atoms with van der Waals surface area (Å²) in [5.41, 5.74) is 5.06. The van der Waals surface area contributed by atoms with Crippen molar-refractivity contribution in [3.8, 4) is 0 Å². The number of carbonyl (C=O) groups is 3. The van der Waals surface area contributed by atoms with Crippen LogP contribution in [-0.2, 0) is 9.59 Å². The minimum Gasteiger partial charge on any atom is -0.480 e. The Kier molecular flexibility index (Phi) is 5.14. The molecule has 2 atom stereocenters. The molecule has 0 spiro atoms. The number of primary amides is 1. The molecule has 1 fully saturated rings. The molecule has 0 aromatic carbocycles. The Morgan fingerprint density at radius 2 is 1.95 bits per heavy atom. The van der Waals surface area contributed by atoms with Gasteiger partial charge in [-0.2, -0.15) is 0 Å². The first-order valence-electron chi connectivity index (χ1n) is 6.44. The Bertz CT molecular complexity index is 356. The van der Waals surface area contributed by atoms with E-state index in [9.17, 15) is 14.4 Å². The van der Waals surface area contributed by atoms with Crippen molar-refractivity contribution in [2.24, 2.45) is 5.73 Å². The lowest BCUT2D eigenvalue weighted by Gasteiger charge is -2.33. The molecule has 1 saturated heterocycles. The number of urea groups is 1. The third-order valence-corrected chi connectivity index (χ3v) is 3.42. The standard InChI is InChI=1S/C12H21N3O4/c1-3-9-5-4-8(2)15(9)12(19)14(6-10(13)16)7-11(17)18/h8-9H,3-7H2,1-2H3,(H2,13,16)(H,17,18). The lowest BCUT2D eigenvalue weighted by molar-refractivity contribution is -0.138. The molecule has 0 radical (unpaired) electrons. The third kappa shape index (κ3) is 3.84. The number of hydrogen-bond acceptors (Lipinski definition) is 3. The summed E-state index contributed by atoms with van der Waals surface area (Å²) in [5, 5.41) is 8.81. The summed E-state index contributed by atoms with van der Waals surface area (Å²) in [6.07, 6.45) is 2.61. The van der Waals surface area contributed by atoms with Crippen molar-refractivity contribution in [2.75, 3.05) is 13.1 Å². The Balaban J connectivity index is 2.84. The second kappa shape index (κ2) is 6.40. The topological polar surface area (TPSA) is 104 Å². The number of rotatable bonds is 5. The predicted molar refractivity (Wildman–Crippen MR) is 68.4 cm³/mol. The zero-order valence-corrected chi connectivity index (χ0v) is 11.3. The first kappa shape index (κ1) is 15.3. The van der Waals surface area contributed by atoms with Gasteiger partial charge in [0, 0.05) is 12.1 Å². The van der Waals surface area contributed by atoms with Crippen LogP contribution in [0.4, 0.5) is 4.79 Å². The molecule has 0 aromatic rings. The summed E-state index contributed by atoms with van der Waals surface area (Å²) < 4.78 is 0. The predicted octanol–water partition coefficient (Wildman–Crippen LogP) is 0.241. The van der Waals surface area contributed by atoms with Crippen molar-refractivity contribution < 1.29 is 19.5 Å². The van der Waals surface area contributed by atoms with Gasteiger partial charge in [-0.25, -0.2) is 4.79 Å². The van der Waals surface area contributed by atoms with Gasteiger partial charge >= 0.3 is 12.0 Å². The molecule has 108 valence electrons. The number of carbonyl (C=O) groups excluding carboxylic acids is 2. The first-order valence-corrected chi connectivity index (χ1v) is 6.44. The fraction of sp³-hybridized carbons (Fsp3) is 0.750. The molecule has 19 heavy (non-hydrogen) atoms. The van der Waals surface area contributed by atoms with Gasteiger partial charge in [-0.1, -0.05) is 6.92 Å². The lowest BCUT2D eigenvalue weighted by atomic mass is 10.2. The van der Waals surface area contributed by atoms with Crippen LogP contribution in [-0.4, -0.2) is 58.0 Å². The molecule has 0 saturated carbocycles. The Morgan fingerprint density at radius 3 is 2.42 bits per heavy atom. The maximum Gasteiger partial charge on any atom is 0.323 e. The van der Waals surface area contributed by atoms with Gasteiger partial charge in [0.2, 0.25) is 5.91 Å². The van der Waals surface area contributed by atoms with Crippen molar-refractivity contribution in [1.82, 2.24) is 9.80 Å². The molecular weight excluding hydrogens is 250 g/mol. The van der Waals surface area contributed by atoms with E-state index >= 15 is 0 Å². The largest absolute Gasteiger partial charge is 0.480 e. The van der Waals surface area contributed by atoms with Crippen molar-refractivity contribution in [1.29, 1.82) is 0 Å². The van der Waals surface area contributed by atoms with Crippen LogP contribution in [0.15, 0.2) is 0 Å². The van der Waals surface area contributed by atoms with Crippen molar-refractivity contribution in [3.05, 3.63) is 0 Å². The SMILES string of the molecule is CCC1CCC(C)N1C(=O)N(CC(N)=O)CC(=O)O. The highest BCUT2D eigenvalue weighted by Crippen LogP contribution is 2.27. The molecule has 7 heteroatoms. The van der Waals surface area contributed by atoms with Gasteiger partial charge in [-0.3, -0.25) is 9.59 Å². The van der Waals surface area contributed by atoms with Crippen LogP contribution in [0.2, 0.25) is 0 Å². The number of carboxylic acid groups (broad SMARTS) is 1. The van der Waals surface area contributed by atoms with Crippen LogP contribution < -0.4 is 5.73 Å². The lowest BCUT2D eigenvalue weighted by Crippen LogP contribution is -2.51. The van der Waals surface area contributed by atoms with Crippen LogP contribution in [0.1, 0.15) is 33.1 Å². The second-order valence-corrected chi connectivity index (χ2v) is 4.89. The van der Waals surface area contributed by atoms with Crippen molar-refractivity contribution in [3.63, 3.8) is 0 Å². The number of hydrogen-bond donors (Lipinski definition) is 2. The van der Waals surface area contributed by atoms with E-state index in [0.717, 1.165) is 24.2 Å². The van der Waals surface area contributed by atoms with Crippen molar-refractivity contribution >= 4 is 17.9 Å². The molecule has 3 N–H and O–H groups in total. The van der Waals surface area contributed by atoms with Gasteiger partial charge in [0.1, 0.15) is 13.1 Å². The highest BCUT2D eigenvalue weighted by atomic mass is 16.4. The number of aliphatic carboxylic acids is 1. The van der Waals surface area contributed by atoms with E-state index in [2.05, 4.69) is 0 Å². The molecule has 2 unspecified atom stereocenters. The highest BCUT2D eigenvalue weighted by Gasteiger charge is 2.36. The summed E-state index contributed by atoms with van der Waals surface area (Å²) >= 11 is 0. The minimum absolute atomic E-state index is 0.0571. The van der Waals surface area contributed by atoms with Gasteiger partial charge in [0.25, 0.3) is 0 Å². The van der Waals surface area contributed by atoms with Gasteiger partial charge in [-0.15, -0.1) is 0 Å². The Morgan fingerprint density at radius 1 is 1.32 bits per heavy atom. The number of nitrogens with two attached hydrogens (primary N) is 1. The molecule has 1 aliphatic heterocycles. The van der Waals surface area contributed by atoms with E-state index in [4.69, 9.17) is 10.8 Å². The van der Waals surface area contributed by atoms with Gasteiger partial charge < -0.3 is 20.6 Å². The first-order chi connectivity index (χ1) is 8.86. The van der Waals surface area contributed by atoms with E-state index < -0.39 is 24.5 Å². The molecule has 7 nitrogen and oxygen atoms in total. The quantitative estimate of drug-likeness (QED) is 0.747. The van der Waals surface area contributed by atoms with Gasteiger partial charge in [0.05, 0.1) is 0 Å². The van der Waals surface area contributed by atoms with E-state index in [0.29, 0.717) is 0 Å². The summed E-state index contributed by atoms with van der Waals surface area (Å²) in [7, 11) is 0. The molecule has 1 heterocycles. The summed E-state index contributed by atoms with van der Waals surface area (Å²) in [6.45, 7) is 3.03. The fourth-order valence-electron chi connectivity index (χ4n) is 2.52. The minimum atomic E-state index is -1.16. The highest BCUT2D eigenvalue weighted by molar-refractivity contribution is 5.86. The number of amides is 3. The smallest absolute Gasteiger partial charge is 0.323 e. The van der Waals surface area contributed by atoms with Crippen LogP contribution in [0, 0.1) is 0 Å². The normalized spacial score (nSPS) is 22.3. The molecular formula is C12H21N3O4. The summed E-state index contributed by atoms with van der Waals surface area (Å²) in [6, 6.07) is -0.258. The maximum atomic E-state index is 12.4. The molecule has 3 amide bonds. The zero-order chi connectivity index (χ0) is 14.6. The van der Waals surface area contributed by atoms with Gasteiger partial charge in [0.15, 0.2) is 0 Å². The molecule has 1 aliphatic rings. The second-order valence-electron chi connectivity index (χ2n) is 4.89. The van der Waals surface area contributed by atoms with Crippen molar-refractivity contribution in [2.45, 2.75) is 45.2 Å². The number of nitrogens with zero attached hydrogens (tertiary/aromatic N) is 2. The third-order valence-electron chi connectivity index (χ3n) is 3.42. The van der Waals surface area contributed by atoms with E-state index in [1.807, 2.05) is 13.8 Å². The van der Waals surface area contributed by atoms with Crippen LogP contribution >= 0.6 is 0 Å². The average molecular weight is 271 g/mol. The number of carboxylic acids is 1. The van der Waals surface area contributed by atoms with Gasteiger partial charge in [-0.05, 0) is 26.2 Å². The molecule has 1 rings (SSSR count). The van der Waals surface area contributed by atoms with E-state index in [1.54, 1.807) is 4.90 Å². The van der Waals surface area contributed by atoms with Crippen LogP contribution in [0.3, 0.4) is 0 Å². The Labute approximate surface area is 112 Å². The molecule has 0 bridgehead atoms. The monoisotopic (exact) mass is 271 g/mol. The van der Waals surface area contributed by atoms with Crippen LogP contribution in [0.25, 0.3) is 0 Å². The average Bonchev–Trinajstić information content (AvgIpc) is 2.67. The molecule has 0 aromatic heterocycles. The van der Waals surface area contributed by atoms with E-state index in [1.165, 1.54) is 0 Å². The zero-order valence-electron chi connectivity index (χ0n) is 11.3. The Hall–Kier alpha value is -1.79. The number of likely N-dealkylation sites (tertiary alicyclic amines) is 1. The maximum absolute atomic E-state index is 12.4.